The van der Waals surface area contributed by atoms with Gasteiger partial charge in [-0.1, -0.05) is 57.9 Å². The summed E-state index contributed by atoms with van der Waals surface area (Å²) in [5, 5.41) is 6.78. The molecule has 3 aromatic carbocycles. The van der Waals surface area contributed by atoms with Crippen LogP contribution >= 0.6 is 15.9 Å². The van der Waals surface area contributed by atoms with Crippen molar-refractivity contribution in [2.75, 3.05) is 5.32 Å². The molecule has 0 saturated carbocycles. The normalized spacial score (nSPS) is 10.6. The van der Waals surface area contributed by atoms with E-state index in [2.05, 4.69) is 31.8 Å². The molecule has 0 atom stereocenters. The quantitative estimate of drug-likeness (QED) is 0.447. The van der Waals surface area contributed by atoms with E-state index in [9.17, 15) is 9.59 Å². The lowest BCUT2D eigenvalue weighted by Crippen LogP contribution is -2.21. The van der Waals surface area contributed by atoms with Crippen molar-refractivity contribution < 1.29 is 9.59 Å². The van der Waals surface area contributed by atoms with Crippen LogP contribution in [0.1, 0.15) is 31.8 Å². The molecule has 0 spiro atoms. The Morgan fingerprint density at radius 1 is 0.929 bits per heavy atom. The lowest BCUT2D eigenvalue weighted by atomic mass is 10.1. The molecule has 0 fully saturated rings. The van der Waals surface area contributed by atoms with Crippen LogP contribution < -0.4 is 10.7 Å². The van der Waals surface area contributed by atoms with Gasteiger partial charge in [-0.15, -0.1) is 0 Å². The summed E-state index contributed by atoms with van der Waals surface area (Å²) in [5.41, 5.74) is 5.61. The third-order valence-corrected chi connectivity index (χ3v) is 4.48. The molecule has 0 aliphatic carbocycles. The third kappa shape index (κ3) is 5.14. The minimum atomic E-state index is -0.409. The van der Waals surface area contributed by atoms with Crippen molar-refractivity contribution in [2.24, 2.45) is 5.10 Å². The zero-order valence-electron chi connectivity index (χ0n) is 15.1. The summed E-state index contributed by atoms with van der Waals surface area (Å²) in [6, 6.07) is 21.6. The number of nitrogens with zero attached hydrogens (tertiary/aromatic N) is 1. The van der Waals surface area contributed by atoms with Crippen LogP contribution in [0.5, 0.6) is 0 Å². The summed E-state index contributed by atoms with van der Waals surface area (Å²) < 4.78 is 0.965. The summed E-state index contributed by atoms with van der Waals surface area (Å²) in [6.07, 6.45) is 1.55. The molecule has 0 aliphatic heterocycles. The van der Waals surface area contributed by atoms with E-state index in [0.29, 0.717) is 16.8 Å². The van der Waals surface area contributed by atoms with Crippen LogP contribution in [0.3, 0.4) is 0 Å². The topological polar surface area (TPSA) is 70.6 Å². The molecule has 2 N–H and O–H groups in total. The van der Waals surface area contributed by atoms with Crippen LogP contribution in [-0.2, 0) is 0 Å². The molecule has 6 heteroatoms. The minimum absolute atomic E-state index is 0.276. The smallest absolute Gasteiger partial charge is 0.273 e. The van der Waals surface area contributed by atoms with Gasteiger partial charge in [0.1, 0.15) is 0 Å². The molecule has 0 unspecified atom stereocenters. The Kier molecular flexibility index (Phi) is 6.34. The highest BCUT2D eigenvalue weighted by Gasteiger charge is 2.13. The first-order chi connectivity index (χ1) is 13.5. The molecule has 0 heterocycles. The highest BCUT2D eigenvalue weighted by atomic mass is 79.9. The van der Waals surface area contributed by atoms with Crippen molar-refractivity contribution in [3.05, 3.63) is 99.5 Å². The second-order valence-corrected chi connectivity index (χ2v) is 7.04. The largest absolute Gasteiger partial charge is 0.321 e. The Morgan fingerprint density at radius 3 is 2.43 bits per heavy atom. The van der Waals surface area contributed by atoms with Crippen LogP contribution in [0.15, 0.2) is 82.4 Å². The monoisotopic (exact) mass is 435 g/mol. The zero-order valence-corrected chi connectivity index (χ0v) is 16.7. The molecule has 0 aliphatic rings. The predicted molar refractivity (Wildman–Crippen MR) is 115 cm³/mol. The van der Waals surface area contributed by atoms with Crippen LogP contribution in [0.25, 0.3) is 0 Å². The fraction of sp³-hybridized carbons (Fsp3) is 0.0455. The Morgan fingerprint density at radius 2 is 1.68 bits per heavy atom. The van der Waals surface area contributed by atoms with Gasteiger partial charge in [-0.3, -0.25) is 9.59 Å². The first kappa shape index (κ1) is 19.5. The number of hydrazone groups is 1. The standard InChI is InChI=1S/C22H18BrN3O2/c1-15-5-4-6-17(13-15)21(27)25-20-8-3-2-7-19(20)22(28)26-24-14-16-9-11-18(23)12-10-16/h2-14H,1H3,(H,25,27)(H,26,28)/b24-14-. The van der Waals surface area contributed by atoms with Gasteiger partial charge in [-0.25, -0.2) is 5.43 Å². The van der Waals surface area contributed by atoms with E-state index in [1.54, 1.807) is 42.6 Å². The molecule has 0 saturated heterocycles. The molecule has 140 valence electrons. The Hall–Kier alpha value is -3.25. The predicted octanol–water partition coefficient (Wildman–Crippen LogP) is 4.77. The van der Waals surface area contributed by atoms with E-state index in [-0.39, 0.29) is 5.91 Å². The summed E-state index contributed by atoms with van der Waals surface area (Å²) >= 11 is 3.37. The van der Waals surface area contributed by atoms with Crippen LogP contribution in [0, 0.1) is 6.92 Å². The summed E-state index contributed by atoms with van der Waals surface area (Å²) in [5.74, 6) is -0.684. The van der Waals surface area contributed by atoms with Crippen molar-refractivity contribution in [1.82, 2.24) is 5.43 Å². The number of benzene rings is 3. The van der Waals surface area contributed by atoms with Crippen LogP contribution in [0.2, 0.25) is 0 Å². The number of anilines is 1. The second-order valence-electron chi connectivity index (χ2n) is 6.12. The van der Waals surface area contributed by atoms with Crippen LogP contribution in [0.4, 0.5) is 5.69 Å². The van der Waals surface area contributed by atoms with Gasteiger partial charge in [0.05, 0.1) is 17.5 Å². The Balaban J connectivity index is 1.71. The van der Waals surface area contributed by atoms with E-state index in [4.69, 9.17) is 0 Å². The highest BCUT2D eigenvalue weighted by Crippen LogP contribution is 2.17. The summed E-state index contributed by atoms with van der Waals surface area (Å²) in [4.78, 5) is 25.0. The fourth-order valence-electron chi connectivity index (χ4n) is 2.55. The van der Waals surface area contributed by atoms with E-state index < -0.39 is 5.91 Å². The molecule has 28 heavy (non-hydrogen) atoms. The number of para-hydroxylation sites is 1. The van der Waals surface area contributed by atoms with Crippen molar-refractivity contribution >= 4 is 39.6 Å². The molecule has 0 bridgehead atoms. The molecular formula is C22H18BrN3O2. The van der Waals surface area contributed by atoms with Gasteiger partial charge in [-0.2, -0.15) is 5.10 Å². The number of amides is 2. The maximum atomic E-state index is 12.5. The third-order valence-electron chi connectivity index (χ3n) is 3.95. The van der Waals surface area contributed by atoms with E-state index in [0.717, 1.165) is 15.6 Å². The number of hydrogen-bond acceptors (Lipinski definition) is 3. The van der Waals surface area contributed by atoms with E-state index in [1.165, 1.54) is 0 Å². The van der Waals surface area contributed by atoms with Gasteiger partial charge in [0.2, 0.25) is 0 Å². The van der Waals surface area contributed by atoms with Gasteiger partial charge in [0.25, 0.3) is 11.8 Å². The first-order valence-corrected chi connectivity index (χ1v) is 9.38. The molecule has 3 aromatic rings. The summed E-state index contributed by atoms with van der Waals surface area (Å²) in [7, 11) is 0. The van der Waals surface area contributed by atoms with Gasteiger partial charge in [0.15, 0.2) is 0 Å². The van der Waals surface area contributed by atoms with E-state index in [1.807, 2.05) is 43.3 Å². The number of hydrogen-bond donors (Lipinski definition) is 2. The van der Waals surface area contributed by atoms with Crippen molar-refractivity contribution in [1.29, 1.82) is 0 Å². The maximum Gasteiger partial charge on any atom is 0.273 e. The average molecular weight is 436 g/mol. The van der Waals surface area contributed by atoms with Gasteiger partial charge >= 0.3 is 0 Å². The number of aryl methyl sites for hydroxylation is 1. The van der Waals surface area contributed by atoms with E-state index >= 15 is 0 Å². The minimum Gasteiger partial charge on any atom is -0.321 e. The lowest BCUT2D eigenvalue weighted by molar-refractivity contribution is 0.0956. The summed E-state index contributed by atoms with van der Waals surface area (Å²) in [6.45, 7) is 1.92. The lowest BCUT2D eigenvalue weighted by Gasteiger charge is -2.10. The highest BCUT2D eigenvalue weighted by molar-refractivity contribution is 9.10. The molecular weight excluding hydrogens is 418 g/mol. The number of carbonyl (C=O) groups excluding carboxylic acids is 2. The zero-order chi connectivity index (χ0) is 19.9. The number of carbonyl (C=O) groups is 2. The Labute approximate surface area is 171 Å². The molecule has 0 aromatic heterocycles. The van der Waals surface area contributed by atoms with Crippen molar-refractivity contribution in [2.45, 2.75) is 6.92 Å². The van der Waals surface area contributed by atoms with Gasteiger partial charge in [-0.05, 0) is 48.9 Å². The Bertz CT molecular complexity index is 1030. The van der Waals surface area contributed by atoms with Gasteiger partial charge < -0.3 is 5.32 Å². The van der Waals surface area contributed by atoms with Crippen molar-refractivity contribution in [3.8, 4) is 0 Å². The fourth-order valence-corrected chi connectivity index (χ4v) is 2.81. The average Bonchev–Trinajstić information content (AvgIpc) is 2.70. The molecule has 3 rings (SSSR count). The maximum absolute atomic E-state index is 12.5. The number of nitrogens with one attached hydrogen (secondary N) is 2. The van der Waals surface area contributed by atoms with Gasteiger partial charge in [0, 0.05) is 10.0 Å². The van der Waals surface area contributed by atoms with Crippen LogP contribution in [-0.4, -0.2) is 18.0 Å². The molecule has 0 radical (unpaired) electrons. The SMILES string of the molecule is Cc1cccc(C(=O)Nc2ccccc2C(=O)N/N=C\c2ccc(Br)cc2)c1. The molecule has 5 nitrogen and oxygen atoms in total. The first-order valence-electron chi connectivity index (χ1n) is 8.59. The molecule has 2 amide bonds. The second kappa shape index (κ2) is 9.10. The number of rotatable bonds is 5. The van der Waals surface area contributed by atoms with Crippen molar-refractivity contribution in [3.63, 3.8) is 0 Å². The number of halogens is 1.